The van der Waals surface area contributed by atoms with Gasteiger partial charge in [-0.1, -0.05) is 70.6 Å². The Morgan fingerprint density at radius 2 is 0.885 bits per heavy atom. The molecule has 0 aliphatic heterocycles. The van der Waals surface area contributed by atoms with E-state index in [0.29, 0.717) is 19.3 Å². The molecule has 0 aliphatic rings. The van der Waals surface area contributed by atoms with Crippen molar-refractivity contribution in [2.24, 2.45) is 0 Å². The molecule has 9 heteroatoms. The molecule has 0 bridgehead atoms. The molecule has 0 atom stereocenters. The minimum atomic E-state index is -5.44. The Kier molecular flexibility index (Phi) is 13.0. The first-order chi connectivity index (χ1) is 12.0. The van der Waals surface area contributed by atoms with Crippen molar-refractivity contribution < 1.29 is 36.3 Å². The van der Waals surface area contributed by atoms with Gasteiger partial charge in [-0.15, -0.1) is 0 Å². The number of halogens is 5. The average Bonchev–Trinajstić information content (AvgIpc) is 2.48. The van der Waals surface area contributed by atoms with Crippen LogP contribution in [0.1, 0.15) is 89.9 Å². The van der Waals surface area contributed by atoms with E-state index in [2.05, 4.69) is 0 Å². The Morgan fingerprint density at radius 1 is 0.577 bits per heavy atom. The van der Waals surface area contributed by atoms with Crippen LogP contribution in [0.5, 0.6) is 0 Å². The second-order valence-electron chi connectivity index (χ2n) is 6.94. The first kappa shape index (κ1) is 25.8. The molecule has 3 nitrogen and oxygen atoms in total. The maximum atomic E-state index is 12.7. The lowest BCUT2D eigenvalue weighted by Crippen LogP contribution is -2.36. The third kappa shape index (κ3) is 14.9. The zero-order valence-electron chi connectivity index (χ0n) is 15.2. The van der Waals surface area contributed by atoms with Crippen molar-refractivity contribution in [2.75, 3.05) is 6.16 Å². The monoisotopic (exact) mass is 410 g/mol. The SMILES string of the molecule is O=P(O)(O)CCCCCCCCCCCCCCCC(F)(F)C(F)(F)F. The standard InChI is InChI=1S/C17H32F5O3P/c18-16(19,17(20,21)22)14-12-10-8-6-4-2-1-3-5-7-9-11-13-15-26(23,24)25/h1-15H2,(H2,23,24,25). The molecule has 0 aromatic carbocycles. The lowest BCUT2D eigenvalue weighted by molar-refractivity contribution is -0.284. The highest BCUT2D eigenvalue weighted by Gasteiger charge is 2.56. The summed E-state index contributed by atoms with van der Waals surface area (Å²) in [6, 6.07) is 0. The normalized spacial score (nSPS) is 13.3. The Hall–Kier alpha value is -0.200. The summed E-state index contributed by atoms with van der Waals surface area (Å²) in [7, 11) is -3.85. The Labute approximate surface area is 152 Å². The van der Waals surface area contributed by atoms with E-state index < -0.39 is 26.1 Å². The van der Waals surface area contributed by atoms with Crippen LogP contribution in [0.3, 0.4) is 0 Å². The first-order valence-corrected chi connectivity index (χ1v) is 11.2. The highest BCUT2D eigenvalue weighted by Crippen LogP contribution is 2.39. The van der Waals surface area contributed by atoms with Gasteiger partial charge in [0.2, 0.25) is 0 Å². The van der Waals surface area contributed by atoms with Gasteiger partial charge >= 0.3 is 19.7 Å². The molecular weight excluding hydrogens is 378 g/mol. The maximum Gasteiger partial charge on any atom is 0.453 e. The van der Waals surface area contributed by atoms with E-state index in [0.717, 1.165) is 57.8 Å². The highest BCUT2D eigenvalue weighted by molar-refractivity contribution is 7.51. The maximum absolute atomic E-state index is 12.7. The highest BCUT2D eigenvalue weighted by atomic mass is 31.2. The van der Waals surface area contributed by atoms with Crippen LogP contribution < -0.4 is 0 Å². The second kappa shape index (κ2) is 13.1. The van der Waals surface area contributed by atoms with E-state index in [4.69, 9.17) is 9.79 Å². The third-order valence-electron chi connectivity index (χ3n) is 4.35. The van der Waals surface area contributed by atoms with Crippen molar-refractivity contribution in [2.45, 2.75) is 102 Å². The summed E-state index contributed by atoms with van der Waals surface area (Å²) in [5.74, 6) is -4.57. The summed E-state index contributed by atoms with van der Waals surface area (Å²) >= 11 is 0. The molecule has 0 saturated carbocycles. The summed E-state index contributed by atoms with van der Waals surface area (Å²) < 4.78 is 71.9. The van der Waals surface area contributed by atoms with Crippen LogP contribution in [0.2, 0.25) is 0 Å². The van der Waals surface area contributed by atoms with Crippen LogP contribution in [0.4, 0.5) is 22.0 Å². The number of hydrogen-bond donors (Lipinski definition) is 2. The van der Waals surface area contributed by atoms with Gasteiger partial charge in [-0.05, 0) is 12.8 Å². The topological polar surface area (TPSA) is 57.5 Å². The van der Waals surface area contributed by atoms with Crippen LogP contribution in [0.15, 0.2) is 0 Å². The lowest BCUT2D eigenvalue weighted by atomic mass is 10.0. The number of alkyl halides is 5. The lowest BCUT2D eigenvalue weighted by Gasteiger charge is -2.19. The zero-order valence-corrected chi connectivity index (χ0v) is 16.1. The molecule has 0 unspecified atom stereocenters. The molecule has 0 aromatic rings. The molecule has 0 saturated heterocycles. The van der Waals surface area contributed by atoms with E-state index in [1.165, 1.54) is 0 Å². The van der Waals surface area contributed by atoms with E-state index >= 15 is 0 Å². The van der Waals surface area contributed by atoms with E-state index in [1.807, 2.05) is 0 Å². The Bertz CT molecular complexity index is 396. The molecule has 0 rings (SSSR count). The van der Waals surface area contributed by atoms with Crippen molar-refractivity contribution in [3.63, 3.8) is 0 Å². The van der Waals surface area contributed by atoms with Crippen LogP contribution in [-0.2, 0) is 4.57 Å². The molecule has 0 spiro atoms. The van der Waals surface area contributed by atoms with Crippen molar-refractivity contribution in [1.82, 2.24) is 0 Å². The van der Waals surface area contributed by atoms with Crippen molar-refractivity contribution >= 4 is 7.60 Å². The predicted molar refractivity (Wildman–Crippen MR) is 92.6 cm³/mol. The molecule has 2 N–H and O–H groups in total. The Balaban J connectivity index is 3.29. The zero-order chi connectivity index (χ0) is 20.1. The molecular formula is C17H32F5O3P. The molecule has 26 heavy (non-hydrogen) atoms. The van der Waals surface area contributed by atoms with Gasteiger partial charge in [0.05, 0.1) is 0 Å². The molecule has 0 aliphatic carbocycles. The molecule has 158 valence electrons. The van der Waals surface area contributed by atoms with Gasteiger partial charge < -0.3 is 9.79 Å². The fourth-order valence-corrected chi connectivity index (χ4v) is 3.39. The van der Waals surface area contributed by atoms with Gasteiger partial charge in [0.25, 0.3) is 0 Å². The summed E-state index contributed by atoms with van der Waals surface area (Å²) in [5.41, 5.74) is 0. The predicted octanol–water partition coefficient (Wildman–Crippen LogP) is 6.82. The molecule has 0 aromatic heterocycles. The van der Waals surface area contributed by atoms with Gasteiger partial charge in [-0.2, -0.15) is 22.0 Å². The van der Waals surface area contributed by atoms with E-state index in [-0.39, 0.29) is 12.6 Å². The summed E-state index contributed by atoms with van der Waals surface area (Å²) in [4.78, 5) is 17.4. The summed E-state index contributed by atoms with van der Waals surface area (Å²) in [5, 5.41) is 0. The van der Waals surface area contributed by atoms with Gasteiger partial charge in [-0.3, -0.25) is 4.57 Å². The van der Waals surface area contributed by atoms with E-state index in [9.17, 15) is 26.5 Å². The van der Waals surface area contributed by atoms with E-state index in [1.54, 1.807) is 0 Å². The third-order valence-corrected chi connectivity index (χ3v) is 5.25. The minimum Gasteiger partial charge on any atom is -0.324 e. The molecule has 0 radical (unpaired) electrons. The van der Waals surface area contributed by atoms with Crippen molar-refractivity contribution in [3.05, 3.63) is 0 Å². The fraction of sp³-hybridized carbons (Fsp3) is 1.00. The summed E-state index contributed by atoms with van der Waals surface area (Å²) in [6.45, 7) is 0. The molecule has 0 amide bonds. The molecule has 0 fully saturated rings. The van der Waals surface area contributed by atoms with Crippen LogP contribution in [0, 0.1) is 0 Å². The van der Waals surface area contributed by atoms with Crippen LogP contribution in [-0.4, -0.2) is 28.0 Å². The average molecular weight is 410 g/mol. The quantitative estimate of drug-likeness (QED) is 0.167. The minimum absolute atomic E-state index is 0.0408. The van der Waals surface area contributed by atoms with Gasteiger partial charge in [0, 0.05) is 12.6 Å². The Morgan fingerprint density at radius 3 is 1.19 bits per heavy atom. The van der Waals surface area contributed by atoms with Crippen LogP contribution >= 0.6 is 7.60 Å². The van der Waals surface area contributed by atoms with Gasteiger partial charge in [-0.25, -0.2) is 0 Å². The van der Waals surface area contributed by atoms with Gasteiger partial charge in [0.1, 0.15) is 0 Å². The summed E-state index contributed by atoms with van der Waals surface area (Å²) in [6.07, 6.45) is 3.93. The smallest absolute Gasteiger partial charge is 0.324 e. The van der Waals surface area contributed by atoms with Crippen molar-refractivity contribution in [1.29, 1.82) is 0 Å². The first-order valence-electron chi connectivity index (χ1n) is 9.45. The largest absolute Gasteiger partial charge is 0.453 e. The van der Waals surface area contributed by atoms with Crippen LogP contribution in [0.25, 0.3) is 0 Å². The number of rotatable bonds is 16. The fourth-order valence-electron chi connectivity index (χ4n) is 2.75. The second-order valence-corrected chi connectivity index (χ2v) is 8.71. The number of unbranched alkanes of at least 4 members (excludes halogenated alkanes) is 12. The van der Waals surface area contributed by atoms with Crippen molar-refractivity contribution in [3.8, 4) is 0 Å². The molecule has 0 heterocycles. The van der Waals surface area contributed by atoms with Gasteiger partial charge in [0.15, 0.2) is 0 Å². The number of hydrogen-bond acceptors (Lipinski definition) is 1.